The van der Waals surface area contributed by atoms with Gasteiger partial charge in [-0.3, -0.25) is 14.5 Å². The molecular weight excluding hydrogens is 346 g/mol. The van der Waals surface area contributed by atoms with Crippen LogP contribution in [0.2, 0.25) is 0 Å². The zero-order chi connectivity index (χ0) is 18.4. The fraction of sp³-hybridized carbons (Fsp3) is 0.600. The topological polar surface area (TPSA) is 61.4 Å². The van der Waals surface area contributed by atoms with Gasteiger partial charge < -0.3 is 10.6 Å². The Bertz CT molecular complexity index is 608. The van der Waals surface area contributed by atoms with E-state index in [-0.39, 0.29) is 17.9 Å². The molecule has 2 aliphatic rings. The second-order valence-corrected chi connectivity index (χ2v) is 8.47. The highest BCUT2D eigenvalue weighted by Crippen LogP contribution is 2.19. The molecule has 0 aromatic heterocycles. The SMILES string of the molecule is CCSCc1ccc(C(=O)NC2CCN(CC(=O)NC3CC3)CC2)cc1. The normalized spacial score (nSPS) is 18.5. The lowest BCUT2D eigenvalue weighted by molar-refractivity contribution is -0.122. The van der Waals surface area contributed by atoms with Crippen molar-refractivity contribution < 1.29 is 9.59 Å². The first-order chi connectivity index (χ1) is 12.6. The highest BCUT2D eigenvalue weighted by atomic mass is 32.2. The monoisotopic (exact) mass is 375 g/mol. The molecule has 142 valence electrons. The molecule has 1 saturated carbocycles. The van der Waals surface area contributed by atoms with Crippen LogP contribution in [0.5, 0.6) is 0 Å². The number of hydrogen-bond acceptors (Lipinski definition) is 4. The van der Waals surface area contributed by atoms with Gasteiger partial charge >= 0.3 is 0 Å². The maximum Gasteiger partial charge on any atom is 0.251 e. The van der Waals surface area contributed by atoms with Gasteiger partial charge in [-0.1, -0.05) is 19.1 Å². The van der Waals surface area contributed by atoms with E-state index >= 15 is 0 Å². The second-order valence-electron chi connectivity index (χ2n) is 7.20. The van der Waals surface area contributed by atoms with Crippen molar-refractivity contribution in [2.75, 3.05) is 25.4 Å². The minimum atomic E-state index is 0.00428. The van der Waals surface area contributed by atoms with E-state index in [9.17, 15) is 9.59 Å². The van der Waals surface area contributed by atoms with Crippen LogP contribution in [0.15, 0.2) is 24.3 Å². The van der Waals surface area contributed by atoms with Crippen LogP contribution in [0.4, 0.5) is 0 Å². The van der Waals surface area contributed by atoms with Crippen LogP contribution in [-0.4, -0.2) is 54.2 Å². The Balaban J connectivity index is 1.39. The summed E-state index contributed by atoms with van der Waals surface area (Å²) in [5.74, 6) is 2.23. The number of nitrogens with zero attached hydrogens (tertiary/aromatic N) is 1. The Labute approximate surface area is 160 Å². The predicted molar refractivity (Wildman–Crippen MR) is 106 cm³/mol. The third-order valence-corrected chi connectivity index (χ3v) is 5.87. The first kappa shape index (κ1) is 19.2. The van der Waals surface area contributed by atoms with E-state index in [2.05, 4.69) is 22.5 Å². The predicted octanol–water partition coefficient (Wildman–Crippen LogP) is 2.41. The van der Waals surface area contributed by atoms with Gasteiger partial charge in [-0.05, 0) is 49.1 Å². The van der Waals surface area contributed by atoms with Gasteiger partial charge in [0.2, 0.25) is 5.91 Å². The maximum absolute atomic E-state index is 12.4. The van der Waals surface area contributed by atoms with Crippen LogP contribution in [0.3, 0.4) is 0 Å². The summed E-state index contributed by atoms with van der Waals surface area (Å²) in [6.07, 6.45) is 4.04. The number of nitrogens with one attached hydrogen (secondary N) is 2. The van der Waals surface area contributed by atoms with E-state index < -0.39 is 0 Å². The Kier molecular flexibility index (Phi) is 6.97. The first-order valence-corrected chi connectivity index (χ1v) is 10.8. The lowest BCUT2D eigenvalue weighted by Gasteiger charge is -2.31. The van der Waals surface area contributed by atoms with Crippen LogP contribution >= 0.6 is 11.8 Å². The van der Waals surface area contributed by atoms with Gasteiger partial charge in [-0.25, -0.2) is 0 Å². The summed E-state index contributed by atoms with van der Waals surface area (Å²) in [7, 11) is 0. The van der Waals surface area contributed by atoms with Crippen LogP contribution in [0.1, 0.15) is 48.5 Å². The van der Waals surface area contributed by atoms with E-state index in [1.165, 1.54) is 5.56 Å². The molecule has 3 rings (SSSR count). The van der Waals surface area contributed by atoms with Gasteiger partial charge in [-0.2, -0.15) is 11.8 Å². The first-order valence-electron chi connectivity index (χ1n) is 9.63. The molecular formula is C20H29N3O2S. The lowest BCUT2D eigenvalue weighted by atomic mass is 10.0. The number of piperidine rings is 1. The number of amides is 2. The van der Waals surface area contributed by atoms with Gasteiger partial charge in [0.25, 0.3) is 5.91 Å². The van der Waals surface area contributed by atoms with Gasteiger partial charge in [0.1, 0.15) is 0 Å². The van der Waals surface area contributed by atoms with E-state index in [1.54, 1.807) is 0 Å². The zero-order valence-corrected chi connectivity index (χ0v) is 16.3. The van der Waals surface area contributed by atoms with Crippen molar-refractivity contribution in [3.63, 3.8) is 0 Å². The average Bonchev–Trinajstić information content (AvgIpc) is 3.46. The number of carbonyl (C=O) groups is 2. The van der Waals surface area contributed by atoms with Crippen LogP contribution < -0.4 is 10.6 Å². The Morgan fingerprint density at radius 1 is 1.04 bits per heavy atom. The number of likely N-dealkylation sites (tertiary alicyclic amines) is 1. The molecule has 0 radical (unpaired) electrons. The summed E-state index contributed by atoms with van der Waals surface area (Å²) in [6.45, 7) is 4.35. The molecule has 2 amide bonds. The number of carbonyl (C=O) groups excluding carboxylic acids is 2. The fourth-order valence-corrected chi connectivity index (χ4v) is 3.81. The minimum absolute atomic E-state index is 0.00428. The molecule has 2 N–H and O–H groups in total. The molecule has 0 bridgehead atoms. The van der Waals surface area contributed by atoms with Crippen LogP contribution in [0, 0.1) is 0 Å². The van der Waals surface area contributed by atoms with Crippen LogP contribution in [-0.2, 0) is 10.5 Å². The number of hydrogen-bond donors (Lipinski definition) is 2. The summed E-state index contributed by atoms with van der Waals surface area (Å²) in [5.41, 5.74) is 1.98. The quantitative estimate of drug-likeness (QED) is 0.733. The molecule has 1 aliphatic carbocycles. The molecule has 1 aliphatic heterocycles. The number of thioether (sulfide) groups is 1. The Morgan fingerprint density at radius 2 is 1.69 bits per heavy atom. The molecule has 1 saturated heterocycles. The molecule has 0 atom stereocenters. The van der Waals surface area contributed by atoms with E-state index in [4.69, 9.17) is 0 Å². The summed E-state index contributed by atoms with van der Waals surface area (Å²) in [6, 6.07) is 8.53. The van der Waals surface area contributed by atoms with Crippen molar-refractivity contribution in [3.05, 3.63) is 35.4 Å². The second kappa shape index (κ2) is 9.42. The largest absolute Gasteiger partial charge is 0.352 e. The maximum atomic E-state index is 12.4. The van der Waals surface area contributed by atoms with Crippen molar-refractivity contribution in [2.45, 2.75) is 50.4 Å². The summed E-state index contributed by atoms with van der Waals surface area (Å²) < 4.78 is 0. The molecule has 26 heavy (non-hydrogen) atoms. The van der Waals surface area contributed by atoms with Gasteiger partial charge in [0.15, 0.2) is 0 Å². The minimum Gasteiger partial charge on any atom is -0.352 e. The van der Waals surface area contributed by atoms with Crippen molar-refractivity contribution in [2.24, 2.45) is 0 Å². The molecule has 0 spiro atoms. The Hall–Kier alpha value is -1.53. The van der Waals surface area contributed by atoms with E-state index in [0.29, 0.717) is 12.6 Å². The Morgan fingerprint density at radius 3 is 2.31 bits per heavy atom. The molecule has 0 unspecified atom stereocenters. The molecule has 6 heteroatoms. The standard InChI is InChI=1S/C20H29N3O2S/c1-2-26-14-15-3-5-16(6-4-15)20(25)22-18-9-11-23(12-10-18)13-19(24)21-17-7-8-17/h3-6,17-18H,2,7-14H2,1H3,(H,21,24)(H,22,25). The summed E-state index contributed by atoms with van der Waals surface area (Å²) >= 11 is 1.88. The molecule has 1 aromatic rings. The van der Waals surface area contributed by atoms with Crippen LogP contribution in [0.25, 0.3) is 0 Å². The summed E-state index contributed by atoms with van der Waals surface area (Å²) in [4.78, 5) is 26.5. The zero-order valence-electron chi connectivity index (χ0n) is 15.5. The highest BCUT2D eigenvalue weighted by molar-refractivity contribution is 7.98. The third kappa shape index (κ3) is 6.02. The fourth-order valence-electron chi connectivity index (χ4n) is 3.18. The van der Waals surface area contributed by atoms with Crippen molar-refractivity contribution in [1.82, 2.24) is 15.5 Å². The molecule has 2 fully saturated rings. The number of rotatable bonds is 8. The van der Waals surface area contributed by atoms with Gasteiger partial charge in [-0.15, -0.1) is 0 Å². The third-order valence-electron chi connectivity index (χ3n) is 4.92. The number of benzene rings is 1. The van der Waals surface area contributed by atoms with Crippen molar-refractivity contribution in [3.8, 4) is 0 Å². The molecule has 1 heterocycles. The average molecular weight is 376 g/mol. The van der Waals surface area contributed by atoms with Crippen molar-refractivity contribution in [1.29, 1.82) is 0 Å². The molecule has 5 nitrogen and oxygen atoms in total. The lowest BCUT2D eigenvalue weighted by Crippen LogP contribution is -2.47. The van der Waals surface area contributed by atoms with Gasteiger partial charge in [0, 0.05) is 36.5 Å². The highest BCUT2D eigenvalue weighted by Gasteiger charge is 2.26. The van der Waals surface area contributed by atoms with E-state index in [1.807, 2.05) is 36.0 Å². The molecule has 1 aromatic carbocycles. The van der Waals surface area contributed by atoms with Gasteiger partial charge in [0.05, 0.1) is 6.54 Å². The van der Waals surface area contributed by atoms with Crippen molar-refractivity contribution >= 4 is 23.6 Å². The smallest absolute Gasteiger partial charge is 0.251 e. The van der Waals surface area contributed by atoms with E-state index in [0.717, 1.165) is 55.8 Å². The summed E-state index contributed by atoms with van der Waals surface area (Å²) in [5, 5.41) is 6.17.